The second-order valence-corrected chi connectivity index (χ2v) is 5.10. The highest BCUT2D eigenvalue weighted by Crippen LogP contribution is 2.16. The van der Waals surface area contributed by atoms with Crippen molar-refractivity contribution in [3.63, 3.8) is 0 Å². The largest absolute Gasteiger partial charge is 0.360 e. The molecule has 1 heterocycles. The van der Waals surface area contributed by atoms with E-state index in [0.29, 0.717) is 0 Å². The third-order valence-electron chi connectivity index (χ3n) is 2.51. The van der Waals surface area contributed by atoms with Crippen molar-refractivity contribution in [2.24, 2.45) is 0 Å². The van der Waals surface area contributed by atoms with Crippen LogP contribution in [0.25, 0.3) is 0 Å². The van der Waals surface area contributed by atoms with E-state index in [2.05, 4.69) is 56.0 Å². The minimum Gasteiger partial charge on any atom is -0.360 e. The zero-order valence-electron chi connectivity index (χ0n) is 11.0. The zero-order valence-corrected chi connectivity index (χ0v) is 11.0. The number of nitrogens with zero attached hydrogens (tertiary/aromatic N) is 2. The lowest BCUT2D eigenvalue weighted by Gasteiger charge is -2.24. The van der Waals surface area contributed by atoms with Crippen LogP contribution >= 0.6 is 0 Å². The topological polar surface area (TPSA) is 28.2 Å². The SMILES string of the molecule is CCN(C)c1ncccc1CNC(C)(C)C. The average Bonchev–Trinajstić information content (AvgIpc) is 2.25. The van der Waals surface area contributed by atoms with Gasteiger partial charge in [-0.15, -0.1) is 0 Å². The van der Waals surface area contributed by atoms with E-state index >= 15 is 0 Å². The number of nitrogens with one attached hydrogen (secondary N) is 1. The van der Waals surface area contributed by atoms with Gasteiger partial charge in [0.1, 0.15) is 5.82 Å². The Morgan fingerprint density at radius 2 is 2.06 bits per heavy atom. The first-order chi connectivity index (χ1) is 7.44. The Morgan fingerprint density at radius 3 is 2.62 bits per heavy atom. The van der Waals surface area contributed by atoms with Crippen LogP contribution in [0.5, 0.6) is 0 Å². The van der Waals surface area contributed by atoms with E-state index in [1.165, 1.54) is 5.56 Å². The van der Waals surface area contributed by atoms with Gasteiger partial charge in [0.15, 0.2) is 0 Å². The molecule has 1 aromatic heterocycles. The second-order valence-electron chi connectivity index (χ2n) is 5.10. The third kappa shape index (κ3) is 3.81. The summed E-state index contributed by atoms with van der Waals surface area (Å²) in [6.07, 6.45) is 1.85. The fraction of sp³-hybridized carbons (Fsp3) is 0.615. The van der Waals surface area contributed by atoms with E-state index in [4.69, 9.17) is 0 Å². The molecule has 0 unspecified atom stereocenters. The summed E-state index contributed by atoms with van der Waals surface area (Å²) in [5.41, 5.74) is 1.39. The van der Waals surface area contributed by atoms with Gasteiger partial charge in [0.2, 0.25) is 0 Å². The summed E-state index contributed by atoms with van der Waals surface area (Å²) in [4.78, 5) is 6.60. The van der Waals surface area contributed by atoms with Gasteiger partial charge in [-0.05, 0) is 33.8 Å². The van der Waals surface area contributed by atoms with E-state index < -0.39 is 0 Å². The lowest BCUT2D eigenvalue weighted by Crippen LogP contribution is -2.35. The van der Waals surface area contributed by atoms with E-state index in [-0.39, 0.29) is 5.54 Å². The first-order valence-corrected chi connectivity index (χ1v) is 5.84. The first kappa shape index (κ1) is 13.0. The fourth-order valence-electron chi connectivity index (χ4n) is 1.42. The molecular weight excluding hydrogens is 198 g/mol. The molecule has 0 radical (unpaired) electrons. The van der Waals surface area contributed by atoms with Crippen molar-refractivity contribution in [1.82, 2.24) is 10.3 Å². The van der Waals surface area contributed by atoms with Crippen molar-refractivity contribution in [2.45, 2.75) is 39.8 Å². The molecule has 1 aromatic rings. The Hall–Kier alpha value is -1.09. The minimum absolute atomic E-state index is 0.137. The molecule has 0 saturated carbocycles. The van der Waals surface area contributed by atoms with Crippen molar-refractivity contribution >= 4 is 5.82 Å². The lowest BCUT2D eigenvalue weighted by atomic mass is 10.1. The molecule has 0 aromatic carbocycles. The summed E-state index contributed by atoms with van der Waals surface area (Å²) >= 11 is 0. The molecule has 90 valence electrons. The first-order valence-electron chi connectivity index (χ1n) is 5.84. The van der Waals surface area contributed by atoms with Gasteiger partial charge >= 0.3 is 0 Å². The van der Waals surface area contributed by atoms with Crippen LogP contribution in [0.15, 0.2) is 18.3 Å². The number of anilines is 1. The van der Waals surface area contributed by atoms with Crippen LogP contribution in [0.2, 0.25) is 0 Å². The maximum Gasteiger partial charge on any atom is 0.132 e. The van der Waals surface area contributed by atoms with Gasteiger partial charge in [-0.3, -0.25) is 0 Å². The Labute approximate surface area is 98.9 Å². The van der Waals surface area contributed by atoms with Gasteiger partial charge in [0, 0.05) is 37.4 Å². The van der Waals surface area contributed by atoms with E-state index in [0.717, 1.165) is 18.9 Å². The van der Waals surface area contributed by atoms with Crippen LogP contribution in [-0.4, -0.2) is 24.1 Å². The molecule has 3 nitrogen and oxygen atoms in total. The van der Waals surface area contributed by atoms with Crippen LogP contribution in [0.3, 0.4) is 0 Å². The molecule has 0 amide bonds. The fourth-order valence-corrected chi connectivity index (χ4v) is 1.42. The van der Waals surface area contributed by atoms with Gasteiger partial charge in [-0.25, -0.2) is 4.98 Å². The lowest BCUT2D eigenvalue weighted by molar-refractivity contribution is 0.424. The molecule has 0 aliphatic rings. The maximum absolute atomic E-state index is 4.44. The van der Waals surface area contributed by atoms with Gasteiger partial charge in [-0.1, -0.05) is 6.07 Å². The van der Waals surface area contributed by atoms with Gasteiger partial charge in [0.05, 0.1) is 0 Å². The monoisotopic (exact) mass is 221 g/mol. The molecule has 0 aliphatic heterocycles. The maximum atomic E-state index is 4.44. The molecular formula is C13H23N3. The number of aromatic nitrogens is 1. The predicted octanol–water partition coefficient (Wildman–Crippen LogP) is 2.43. The van der Waals surface area contributed by atoms with Crippen molar-refractivity contribution in [3.8, 4) is 0 Å². The van der Waals surface area contributed by atoms with E-state index in [1.54, 1.807) is 0 Å². The molecule has 0 spiro atoms. The van der Waals surface area contributed by atoms with Crippen LogP contribution in [0, 0.1) is 0 Å². The smallest absolute Gasteiger partial charge is 0.132 e. The number of hydrogen-bond donors (Lipinski definition) is 1. The van der Waals surface area contributed by atoms with Gasteiger partial charge in [0.25, 0.3) is 0 Å². The summed E-state index contributed by atoms with van der Waals surface area (Å²) < 4.78 is 0. The molecule has 0 aliphatic carbocycles. The summed E-state index contributed by atoms with van der Waals surface area (Å²) in [6, 6.07) is 4.12. The standard InChI is InChI=1S/C13H23N3/c1-6-16(5)12-11(8-7-9-14-12)10-15-13(2,3)4/h7-9,15H,6,10H2,1-5H3. The molecule has 0 atom stereocenters. The molecule has 0 saturated heterocycles. The second kappa shape index (κ2) is 5.30. The molecule has 1 rings (SSSR count). The molecule has 1 N–H and O–H groups in total. The number of rotatable bonds is 4. The van der Waals surface area contributed by atoms with Crippen LogP contribution in [0.1, 0.15) is 33.3 Å². The highest BCUT2D eigenvalue weighted by molar-refractivity contribution is 5.45. The minimum atomic E-state index is 0.137. The van der Waals surface area contributed by atoms with Crippen LogP contribution < -0.4 is 10.2 Å². The average molecular weight is 221 g/mol. The van der Waals surface area contributed by atoms with Crippen molar-refractivity contribution in [1.29, 1.82) is 0 Å². The Bertz CT molecular complexity index is 328. The molecule has 3 heteroatoms. The van der Waals surface area contributed by atoms with Gasteiger partial charge in [-0.2, -0.15) is 0 Å². The summed E-state index contributed by atoms with van der Waals surface area (Å²) in [6.45, 7) is 10.5. The zero-order chi connectivity index (χ0) is 12.2. The summed E-state index contributed by atoms with van der Waals surface area (Å²) in [5, 5.41) is 3.49. The van der Waals surface area contributed by atoms with Crippen LogP contribution in [0.4, 0.5) is 5.82 Å². The highest BCUT2D eigenvalue weighted by atomic mass is 15.2. The Morgan fingerprint density at radius 1 is 1.38 bits per heavy atom. The summed E-state index contributed by atoms with van der Waals surface area (Å²) in [7, 11) is 2.07. The van der Waals surface area contributed by atoms with Crippen molar-refractivity contribution < 1.29 is 0 Å². The Balaban J connectivity index is 2.79. The van der Waals surface area contributed by atoms with Crippen LogP contribution in [-0.2, 0) is 6.54 Å². The third-order valence-corrected chi connectivity index (χ3v) is 2.51. The summed E-state index contributed by atoms with van der Waals surface area (Å²) in [5.74, 6) is 1.07. The van der Waals surface area contributed by atoms with Crippen molar-refractivity contribution in [3.05, 3.63) is 23.9 Å². The predicted molar refractivity (Wildman–Crippen MR) is 69.8 cm³/mol. The van der Waals surface area contributed by atoms with Gasteiger partial charge < -0.3 is 10.2 Å². The molecule has 0 fully saturated rings. The normalized spacial score (nSPS) is 11.6. The van der Waals surface area contributed by atoms with E-state index in [1.807, 2.05) is 12.3 Å². The van der Waals surface area contributed by atoms with Crippen molar-refractivity contribution in [2.75, 3.05) is 18.5 Å². The number of pyridine rings is 1. The quantitative estimate of drug-likeness (QED) is 0.846. The van der Waals surface area contributed by atoms with E-state index in [9.17, 15) is 0 Å². The molecule has 0 bridgehead atoms. The molecule has 16 heavy (non-hydrogen) atoms. The Kier molecular flexibility index (Phi) is 4.30. The highest BCUT2D eigenvalue weighted by Gasteiger charge is 2.12. The number of hydrogen-bond acceptors (Lipinski definition) is 3.